The lowest BCUT2D eigenvalue weighted by molar-refractivity contribution is 0.462. The maximum absolute atomic E-state index is 4.76. The fraction of sp³-hybridized carbons (Fsp3) is 0.556. The Morgan fingerprint density at radius 3 is 2.71 bits per heavy atom. The van der Waals surface area contributed by atoms with Gasteiger partial charge in [0.15, 0.2) is 5.96 Å². The van der Waals surface area contributed by atoms with Crippen molar-refractivity contribution in [2.24, 2.45) is 12.0 Å². The molecule has 0 spiro atoms. The second-order valence-electron chi connectivity index (χ2n) is 7.01. The molecule has 0 aromatic carbocycles. The highest BCUT2D eigenvalue weighted by Gasteiger charge is 2.17. The van der Waals surface area contributed by atoms with Crippen molar-refractivity contribution in [1.29, 1.82) is 0 Å². The Kier molecular flexibility index (Phi) is 6.04. The third-order valence-corrected chi connectivity index (χ3v) is 4.66. The summed E-state index contributed by atoms with van der Waals surface area (Å²) >= 11 is 1.69. The van der Waals surface area contributed by atoms with Gasteiger partial charge in [-0.05, 0) is 19.1 Å². The van der Waals surface area contributed by atoms with E-state index in [2.05, 4.69) is 80.3 Å². The molecular weight excluding hydrogens is 318 g/mol. The molecule has 0 aliphatic heterocycles. The highest BCUT2D eigenvalue weighted by atomic mass is 32.1. The van der Waals surface area contributed by atoms with Crippen LogP contribution in [0, 0.1) is 0 Å². The molecule has 2 aromatic rings. The van der Waals surface area contributed by atoms with Gasteiger partial charge in [-0.15, -0.1) is 11.3 Å². The summed E-state index contributed by atoms with van der Waals surface area (Å²) in [7, 11) is 4.13. The molecule has 24 heavy (non-hydrogen) atoms. The number of thiazole rings is 1. The fourth-order valence-corrected chi connectivity index (χ4v) is 3.26. The molecule has 0 amide bonds. The van der Waals surface area contributed by atoms with Crippen LogP contribution in [0.25, 0.3) is 0 Å². The summed E-state index contributed by atoms with van der Waals surface area (Å²) in [6, 6.07) is 4.20. The topological polar surface area (TPSA) is 45.5 Å². The van der Waals surface area contributed by atoms with Gasteiger partial charge in [0.05, 0.1) is 18.8 Å². The largest absolute Gasteiger partial charge is 0.357 e. The molecule has 6 heteroatoms. The number of aromatic nitrogens is 2. The lowest BCUT2D eigenvalue weighted by atomic mass is 9.93. The molecular formula is C18H29N5S. The van der Waals surface area contributed by atoms with Gasteiger partial charge in [0, 0.05) is 43.3 Å². The van der Waals surface area contributed by atoms with E-state index in [9.17, 15) is 0 Å². The zero-order chi connectivity index (χ0) is 17.7. The number of rotatable bonds is 5. The van der Waals surface area contributed by atoms with E-state index in [1.54, 1.807) is 11.3 Å². The van der Waals surface area contributed by atoms with Gasteiger partial charge in [0.1, 0.15) is 5.01 Å². The number of hydrogen-bond acceptors (Lipinski definition) is 3. The van der Waals surface area contributed by atoms with Crippen molar-refractivity contribution in [2.75, 3.05) is 13.6 Å². The molecule has 0 saturated carbocycles. The van der Waals surface area contributed by atoms with E-state index in [1.165, 1.54) is 5.69 Å². The quantitative estimate of drug-likeness (QED) is 0.666. The molecule has 0 bridgehead atoms. The van der Waals surface area contributed by atoms with Gasteiger partial charge in [-0.2, -0.15) is 0 Å². The van der Waals surface area contributed by atoms with E-state index in [0.29, 0.717) is 6.54 Å². The van der Waals surface area contributed by atoms with Gasteiger partial charge in [0.2, 0.25) is 0 Å². The standard InChI is InChI=1S/C18H29N5S/c1-7-19-17(23(6)12-14-9-8-10-22(14)5)20-11-16-21-15(13-24-16)18(2,3)4/h8-10,13H,7,11-12H2,1-6H3,(H,19,20). The number of nitrogens with zero attached hydrogens (tertiary/aromatic N) is 4. The molecule has 0 radical (unpaired) electrons. The lowest BCUT2D eigenvalue weighted by Crippen LogP contribution is -2.38. The van der Waals surface area contributed by atoms with Crippen LogP contribution in [0.3, 0.4) is 0 Å². The van der Waals surface area contributed by atoms with E-state index in [0.717, 1.165) is 29.8 Å². The highest BCUT2D eigenvalue weighted by molar-refractivity contribution is 7.09. The molecule has 0 aliphatic carbocycles. The van der Waals surface area contributed by atoms with Gasteiger partial charge in [0.25, 0.3) is 0 Å². The van der Waals surface area contributed by atoms with Crippen LogP contribution in [0.15, 0.2) is 28.7 Å². The molecule has 2 heterocycles. The van der Waals surface area contributed by atoms with E-state index in [1.807, 2.05) is 0 Å². The summed E-state index contributed by atoms with van der Waals surface area (Å²) in [4.78, 5) is 11.6. The Bertz CT molecular complexity index is 678. The Labute approximate surface area is 149 Å². The number of aliphatic imine (C=N–C) groups is 1. The van der Waals surface area contributed by atoms with Gasteiger partial charge in [-0.3, -0.25) is 0 Å². The van der Waals surface area contributed by atoms with Crippen molar-refractivity contribution in [3.63, 3.8) is 0 Å². The van der Waals surface area contributed by atoms with Crippen LogP contribution in [0.4, 0.5) is 0 Å². The Morgan fingerprint density at radius 1 is 1.42 bits per heavy atom. The van der Waals surface area contributed by atoms with Gasteiger partial charge in [-0.1, -0.05) is 20.8 Å². The summed E-state index contributed by atoms with van der Waals surface area (Å²) in [6.45, 7) is 10.9. The number of nitrogens with one attached hydrogen (secondary N) is 1. The van der Waals surface area contributed by atoms with Crippen LogP contribution in [0.2, 0.25) is 0 Å². The molecule has 0 aliphatic rings. The van der Waals surface area contributed by atoms with Crippen LogP contribution in [-0.4, -0.2) is 34.0 Å². The van der Waals surface area contributed by atoms with E-state index < -0.39 is 0 Å². The summed E-state index contributed by atoms with van der Waals surface area (Å²) in [5.41, 5.74) is 2.49. The van der Waals surface area contributed by atoms with Gasteiger partial charge in [-0.25, -0.2) is 9.98 Å². The van der Waals surface area contributed by atoms with Gasteiger partial charge < -0.3 is 14.8 Å². The molecule has 2 rings (SSSR count). The molecule has 0 unspecified atom stereocenters. The van der Waals surface area contributed by atoms with Gasteiger partial charge >= 0.3 is 0 Å². The van der Waals surface area contributed by atoms with Crippen LogP contribution in [0.1, 0.15) is 44.1 Å². The summed E-state index contributed by atoms with van der Waals surface area (Å²) < 4.78 is 2.14. The Hall–Kier alpha value is -1.82. The maximum atomic E-state index is 4.76. The monoisotopic (exact) mass is 347 g/mol. The van der Waals surface area contributed by atoms with Crippen LogP contribution >= 0.6 is 11.3 Å². The van der Waals surface area contributed by atoms with Crippen molar-refractivity contribution in [1.82, 2.24) is 19.8 Å². The van der Waals surface area contributed by atoms with Crippen LogP contribution in [-0.2, 0) is 25.6 Å². The normalized spacial score (nSPS) is 12.5. The smallest absolute Gasteiger partial charge is 0.194 e. The zero-order valence-electron chi connectivity index (χ0n) is 15.6. The predicted octanol–water partition coefficient (Wildman–Crippen LogP) is 3.38. The average Bonchev–Trinajstić information content (AvgIpc) is 3.13. The van der Waals surface area contributed by atoms with Crippen molar-refractivity contribution in [3.05, 3.63) is 40.1 Å². The first-order valence-electron chi connectivity index (χ1n) is 8.35. The van der Waals surface area contributed by atoms with E-state index >= 15 is 0 Å². The van der Waals surface area contributed by atoms with Crippen molar-refractivity contribution < 1.29 is 0 Å². The zero-order valence-corrected chi connectivity index (χ0v) is 16.4. The van der Waals surface area contributed by atoms with Crippen LogP contribution in [0.5, 0.6) is 0 Å². The van der Waals surface area contributed by atoms with Crippen LogP contribution < -0.4 is 5.32 Å². The average molecular weight is 348 g/mol. The molecule has 132 valence electrons. The minimum atomic E-state index is 0.0896. The minimum Gasteiger partial charge on any atom is -0.357 e. The third kappa shape index (κ3) is 4.84. The minimum absolute atomic E-state index is 0.0896. The third-order valence-electron chi connectivity index (χ3n) is 3.83. The Balaban J connectivity index is 2.07. The number of hydrogen-bond donors (Lipinski definition) is 1. The molecule has 0 saturated heterocycles. The number of guanidine groups is 1. The first kappa shape index (κ1) is 18.5. The number of aryl methyl sites for hydroxylation is 1. The first-order valence-corrected chi connectivity index (χ1v) is 9.23. The molecule has 5 nitrogen and oxygen atoms in total. The van der Waals surface area contributed by atoms with Crippen molar-refractivity contribution in [2.45, 2.75) is 46.2 Å². The van der Waals surface area contributed by atoms with E-state index in [4.69, 9.17) is 9.98 Å². The summed E-state index contributed by atoms with van der Waals surface area (Å²) in [5.74, 6) is 0.909. The summed E-state index contributed by atoms with van der Waals surface area (Å²) in [6.07, 6.45) is 2.07. The molecule has 1 N–H and O–H groups in total. The maximum Gasteiger partial charge on any atom is 0.194 e. The first-order chi connectivity index (χ1) is 11.3. The fourth-order valence-electron chi connectivity index (χ4n) is 2.32. The predicted molar refractivity (Wildman–Crippen MR) is 103 cm³/mol. The second-order valence-corrected chi connectivity index (χ2v) is 7.96. The van der Waals surface area contributed by atoms with Crippen molar-refractivity contribution >= 4 is 17.3 Å². The van der Waals surface area contributed by atoms with Crippen molar-refractivity contribution in [3.8, 4) is 0 Å². The molecule has 0 fully saturated rings. The van der Waals surface area contributed by atoms with E-state index in [-0.39, 0.29) is 5.41 Å². The second kappa shape index (κ2) is 7.83. The summed E-state index contributed by atoms with van der Waals surface area (Å²) in [5, 5.41) is 6.57. The Morgan fingerprint density at radius 2 is 2.17 bits per heavy atom. The molecule has 0 atom stereocenters. The highest BCUT2D eigenvalue weighted by Crippen LogP contribution is 2.24. The lowest BCUT2D eigenvalue weighted by Gasteiger charge is -2.22. The SMILES string of the molecule is CCNC(=NCc1nc(C(C)(C)C)cs1)N(C)Cc1cccn1C. The molecule has 2 aromatic heterocycles.